The van der Waals surface area contributed by atoms with Gasteiger partial charge in [-0.25, -0.2) is 0 Å². The Morgan fingerprint density at radius 1 is 1.12 bits per heavy atom. The van der Waals surface area contributed by atoms with Gasteiger partial charge in [-0.15, -0.1) is 0 Å². The van der Waals surface area contributed by atoms with Crippen molar-refractivity contribution in [2.24, 2.45) is 0 Å². The zero-order chi connectivity index (χ0) is 17.9. The molecule has 0 bridgehead atoms. The largest absolute Gasteiger partial charge is 0.457 e. The summed E-state index contributed by atoms with van der Waals surface area (Å²) in [5.41, 5.74) is 0.721. The molecule has 25 heavy (non-hydrogen) atoms. The first kappa shape index (κ1) is 18.0. The third-order valence-corrected chi connectivity index (χ3v) is 3.17. The zero-order valence-electron chi connectivity index (χ0n) is 13.9. The van der Waals surface area contributed by atoms with Gasteiger partial charge >= 0.3 is 0 Å². The molecule has 2 aromatic rings. The highest BCUT2D eigenvalue weighted by Crippen LogP contribution is 2.22. The van der Waals surface area contributed by atoms with E-state index in [-0.39, 0.29) is 5.57 Å². The molecular weight excluding hydrogens is 318 g/mol. The Labute approximate surface area is 146 Å². The van der Waals surface area contributed by atoms with E-state index in [4.69, 9.17) is 14.7 Å². The predicted molar refractivity (Wildman–Crippen MR) is 95.2 cm³/mol. The lowest BCUT2D eigenvalue weighted by Gasteiger charge is -2.07. The zero-order valence-corrected chi connectivity index (χ0v) is 13.9. The number of para-hydroxylation sites is 1. The van der Waals surface area contributed by atoms with Crippen molar-refractivity contribution >= 4 is 11.6 Å². The fourth-order valence-electron chi connectivity index (χ4n) is 1.91. The van der Waals surface area contributed by atoms with Crippen LogP contribution in [0.3, 0.4) is 0 Å². The van der Waals surface area contributed by atoms with Crippen molar-refractivity contribution in [3.63, 3.8) is 0 Å². The molecule has 0 spiro atoms. The fraction of sp³-hybridized carbons (Fsp3) is 0.158. The summed E-state index contributed by atoms with van der Waals surface area (Å²) in [6.07, 6.45) is 1.37. The predicted octanol–water partition coefficient (Wildman–Crippen LogP) is 3.06. The summed E-state index contributed by atoms with van der Waals surface area (Å²) in [6.45, 7) is 0.737. The second-order valence-corrected chi connectivity index (χ2v) is 5.00. The summed E-state index contributed by atoms with van der Waals surface area (Å²) >= 11 is 0. The van der Waals surface area contributed by atoms with Gasteiger partial charge in [-0.2, -0.15) is 5.26 Å². The maximum Gasteiger partial charge on any atom is 0.263 e. The van der Waals surface area contributed by atoms with E-state index < -0.39 is 5.91 Å². The van der Waals surface area contributed by atoms with Crippen LogP contribution in [0.5, 0.6) is 11.5 Å². The first-order valence-electron chi connectivity index (χ1n) is 7.70. The summed E-state index contributed by atoms with van der Waals surface area (Å²) in [4.78, 5) is 11.8. The number of nitriles is 1. The number of hydrogen-bond donors (Lipinski definition) is 2. The Balaban J connectivity index is 1.93. The fourth-order valence-corrected chi connectivity index (χ4v) is 1.91. The summed E-state index contributed by atoms with van der Waals surface area (Å²) < 4.78 is 10.5. The van der Waals surface area contributed by atoms with Gasteiger partial charge in [-0.1, -0.05) is 18.2 Å². The van der Waals surface area contributed by atoms with Crippen LogP contribution in [0.2, 0.25) is 0 Å². The Hall–Kier alpha value is -3.30. The van der Waals surface area contributed by atoms with Crippen LogP contribution in [0.4, 0.5) is 5.69 Å². The molecule has 6 heteroatoms. The molecule has 2 N–H and O–H groups in total. The smallest absolute Gasteiger partial charge is 0.263 e. The number of benzene rings is 2. The second kappa shape index (κ2) is 9.75. The van der Waals surface area contributed by atoms with Gasteiger partial charge in [0.05, 0.1) is 6.61 Å². The van der Waals surface area contributed by atoms with Crippen molar-refractivity contribution in [1.82, 2.24) is 5.32 Å². The van der Waals surface area contributed by atoms with Crippen LogP contribution in [-0.4, -0.2) is 26.2 Å². The normalized spacial score (nSPS) is 10.6. The number of anilines is 1. The van der Waals surface area contributed by atoms with E-state index in [2.05, 4.69) is 10.6 Å². The molecule has 0 aliphatic rings. The summed E-state index contributed by atoms with van der Waals surface area (Å²) in [5, 5.41) is 14.6. The number of methoxy groups -OCH3 is 1. The lowest BCUT2D eigenvalue weighted by atomic mass is 10.2. The van der Waals surface area contributed by atoms with E-state index in [1.807, 2.05) is 36.4 Å². The Morgan fingerprint density at radius 2 is 1.80 bits per heavy atom. The van der Waals surface area contributed by atoms with Gasteiger partial charge < -0.3 is 20.1 Å². The standard InChI is InChI=1S/C19H19N3O3/c1-24-12-11-21-19(23)15(13-20)14-22-16-7-9-18(10-8-16)25-17-5-3-2-4-6-17/h2-10,14,22H,11-12H2,1H3,(H,21,23)/b15-14-. The van der Waals surface area contributed by atoms with Crippen LogP contribution in [0.15, 0.2) is 66.4 Å². The van der Waals surface area contributed by atoms with E-state index in [9.17, 15) is 4.79 Å². The maximum atomic E-state index is 11.8. The molecule has 0 radical (unpaired) electrons. The van der Waals surface area contributed by atoms with Crippen molar-refractivity contribution in [3.05, 3.63) is 66.4 Å². The van der Waals surface area contributed by atoms with E-state index in [1.54, 1.807) is 31.4 Å². The van der Waals surface area contributed by atoms with E-state index in [0.29, 0.717) is 18.9 Å². The highest BCUT2D eigenvalue weighted by atomic mass is 16.5. The Kier molecular flexibility index (Phi) is 7.04. The van der Waals surface area contributed by atoms with Crippen molar-refractivity contribution in [3.8, 4) is 17.6 Å². The van der Waals surface area contributed by atoms with E-state index in [1.165, 1.54) is 6.20 Å². The minimum atomic E-state index is -0.448. The molecule has 6 nitrogen and oxygen atoms in total. The molecule has 0 aliphatic heterocycles. The Bertz CT molecular complexity index is 750. The minimum Gasteiger partial charge on any atom is -0.457 e. The topological polar surface area (TPSA) is 83.4 Å². The molecule has 2 rings (SSSR count). The van der Waals surface area contributed by atoms with Crippen molar-refractivity contribution in [2.75, 3.05) is 25.6 Å². The number of ether oxygens (including phenoxy) is 2. The molecule has 0 aliphatic carbocycles. The molecule has 1 amide bonds. The highest BCUT2D eigenvalue weighted by Gasteiger charge is 2.07. The first-order chi connectivity index (χ1) is 12.2. The van der Waals surface area contributed by atoms with Gasteiger partial charge in [0.1, 0.15) is 23.1 Å². The number of carbonyl (C=O) groups is 1. The van der Waals surface area contributed by atoms with Gasteiger partial charge in [-0.3, -0.25) is 4.79 Å². The van der Waals surface area contributed by atoms with Crippen LogP contribution in [-0.2, 0) is 9.53 Å². The Morgan fingerprint density at radius 3 is 2.44 bits per heavy atom. The van der Waals surface area contributed by atoms with Crippen LogP contribution in [0.25, 0.3) is 0 Å². The quantitative estimate of drug-likeness (QED) is 0.439. The molecule has 0 aromatic heterocycles. The lowest BCUT2D eigenvalue weighted by Crippen LogP contribution is -2.28. The number of nitrogens with one attached hydrogen (secondary N) is 2. The molecule has 128 valence electrons. The lowest BCUT2D eigenvalue weighted by molar-refractivity contribution is -0.117. The number of nitrogens with zero attached hydrogens (tertiary/aromatic N) is 1. The third-order valence-electron chi connectivity index (χ3n) is 3.17. The average molecular weight is 337 g/mol. The first-order valence-corrected chi connectivity index (χ1v) is 7.70. The second-order valence-electron chi connectivity index (χ2n) is 5.00. The minimum absolute atomic E-state index is 0.0132. The highest BCUT2D eigenvalue weighted by molar-refractivity contribution is 5.97. The number of rotatable bonds is 8. The number of carbonyl (C=O) groups excluding carboxylic acids is 1. The van der Waals surface area contributed by atoms with Crippen molar-refractivity contribution < 1.29 is 14.3 Å². The third kappa shape index (κ3) is 6.01. The average Bonchev–Trinajstić information content (AvgIpc) is 2.64. The summed E-state index contributed by atoms with van der Waals surface area (Å²) in [7, 11) is 1.54. The molecule has 0 atom stereocenters. The van der Waals surface area contributed by atoms with Gasteiger partial charge in [0.25, 0.3) is 5.91 Å². The van der Waals surface area contributed by atoms with Crippen LogP contribution < -0.4 is 15.4 Å². The summed E-state index contributed by atoms with van der Waals surface area (Å²) in [6, 6.07) is 18.5. The van der Waals surface area contributed by atoms with Crippen molar-refractivity contribution in [2.45, 2.75) is 0 Å². The van der Waals surface area contributed by atoms with Crippen LogP contribution >= 0.6 is 0 Å². The van der Waals surface area contributed by atoms with Crippen molar-refractivity contribution in [1.29, 1.82) is 5.26 Å². The van der Waals surface area contributed by atoms with Gasteiger partial charge in [0.2, 0.25) is 0 Å². The SMILES string of the molecule is COCCNC(=O)/C(C#N)=C\Nc1ccc(Oc2ccccc2)cc1. The molecule has 0 saturated carbocycles. The monoisotopic (exact) mass is 337 g/mol. The van der Waals surface area contributed by atoms with Gasteiger partial charge in [0, 0.05) is 25.5 Å². The van der Waals surface area contributed by atoms with Crippen LogP contribution in [0, 0.1) is 11.3 Å². The molecule has 0 unspecified atom stereocenters. The number of amides is 1. The van der Waals surface area contributed by atoms with Gasteiger partial charge in [-0.05, 0) is 36.4 Å². The number of hydrogen-bond acceptors (Lipinski definition) is 5. The molecule has 0 fully saturated rings. The molecule has 2 aromatic carbocycles. The maximum absolute atomic E-state index is 11.8. The summed E-state index contributed by atoms with van der Waals surface area (Å²) in [5.74, 6) is 0.997. The van der Waals surface area contributed by atoms with E-state index in [0.717, 1.165) is 11.4 Å². The van der Waals surface area contributed by atoms with E-state index >= 15 is 0 Å². The van der Waals surface area contributed by atoms with Gasteiger partial charge in [0.15, 0.2) is 0 Å². The molecule has 0 saturated heterocycles. The van der Waals surface area contributed by atoms with Crippen LogP contribution in [0.1, 0.15) is 0 Å². The molecular formula is C19H19N3O3. The molecule has 0 heterocycles.